The highest BCUT2D eigenvalue weighted by molar-refractivity contribution is 5.92. The molecule has 8 nitrogen and oxygen atoms in total. The van der Waals surface area contributed by atoms with Gasteiger partial charge in [-0.3, -0.25) is 9.59 Å². The number of benzene rings is 2. The van der Waals surface area contributed by atoms with Gasteiger partial charge in [0, 0.05) is 29.3 Å². The van der Waals surface area contributed by atoms with Crippen LogP contribution < -0.4 is 15.4 Å². The van der Waals surface area contributed by atoms with E-state index in [-0.39, 0.29) is 55.8 Å². The lowest BCUT2D eigenvalue weighted by atomic mass is 9.84. The van der Waals surface area contributed by atoms with Crippen LogP contribution in [0.25, 0.3) is 0 Å². The van der Waals surface area contributed by atoms with Crippen molar-refractivity contribution in [1.29, 1.82) is 0 Å². The summed E-state index contributed by atoms with van der Waals surface area (Å²) < 4.78 is 25.9. The van der Waals surface area contributed by atoms with Gasteiger partial charge in [-0.2, -0.15) is 0 Å². The molecule has 2 aromatic rings. The maximum atomic E-state index is 13.8. The first-order valence-electron chi connectivity index (χ1n) is 11.4. The molecule has 2 amide bonds. The fraction of sp³-hybridized carbons (Fsp3) is 0.440. The minimum atomic E-state index is -0.581. The predicted octanol–water partition coefficient (Wildman–Crippen LogP) is 2.03. The smallest absolute Gasteiger partial charge is 0.238 e. The summed E-state index contributed by atoms with van der Waals surface area (Å²) in [7, 11) is 3.65. The lowest BCUT2D eigenvalue weighted by Gasteiger charge is -2.37. The van der Waals surface area contributed by atoms with Crippen molar-refractivity contribution in [1.82, 2.24) is 10.2 Å². The van der Waals surface area contributed by atoms with Gasteiger partial charge >= 0.3 is 0 Å². The monoisotopic (exact) mass is 471 g/mol. The van der Waals surface area contributed by atoms with Crippen LogP contribution in [0.15, 0.2) is 42.5 Å². The fourth-order valence-corrected chi connectivity index (χ4v) is 4.57. The molecule has 4 rings (SSSR count). The molecule has 2 aliphatic heterocycles. The van der Waals surface area contributed by atoms with Crippen molar-refractivity contribution < 1.29 is 28.6 Å². The Morgan fingerprint density at radius 1 is 1.18 bits per heavy atom. The van der Waals surface area contributed by atoms with Crippen molar-refractivity contribution in [2.75, 3.05) is 32.6 Å². The molecule has 182 valence electrons. The number of hydrogen-bond donors (Lipinski definition) is 3. The third-order valence-electron chi connectivity index (χ3n) is 6.09. The number of hydrogen-bond acceptors (Lipinski definition) is 6. The number of rotatable bonds is 8. The van der Waals surface area contributed by atoms with E-state index in [1.165, 1.54) is 6.07 Å². The third kappa shape index (κ3) is 5.55. The Balaban J connectivity index is 1.42. The zero-order chi connectivity index (χ0) is 24.2. The first-order chi connectivity index (χ1) is 16.3. The van der Waals surface area contributed by atoms with Crippen molar-refractivity contribution in [2.24, 2.45) is 0 Å². The normalized spacial score (nSPS) is 23.1. The van der Waals surface area contributed by atoms with Crippen LogP contribution in [-0.2, 0) is 20.9 Å². The number of nitrogens with one attached hydrogen (secondary N) is 2. The molecule has 1 fully saturated rings. The van der Waals surface area contributed by atoms with E-state index in [0.717, 1.165) is 5.56 Å². The SMILES string of the molecule is CN(C)CC(=O)Nc1ccc2c(c1)[C@H]1C[C@H](CC(=O)NCc3ccccc3F)O[C@H](CO)[C@H]1O2. The van der Waals surface area contributed by atoms with E-state index in [9.17, 15) is 19.1 Å². The lowest BCUT2D eigenvalue weighted by Crippen LogP contribution is -2.47. The number of carbonyl (C=O) groups excluding carboxylic acids is 2. The summed E-state index contributed by atoms with van der Waals surface area (Å²) in [6.45, 7) is 0.120. The van der Waals surface area contributed by atoms with E-state index in [0.29, 0.717) is 23.4 Å². The number of likely N-dealkylation sites (N-methyl/N-ethyl adjacent to an activating group) is 1. The number of fused-ring (bicyclic) bond motifs is 3. The molecule has 3 N–H and O–H groups in total. The number of halogens is 1. The van der Waals surface area contributed by atoms with Gasteiger partial charge in [-0.1, -0.05) is 18.2 Å². The largest absolute Gasteiger partial charge is 0.487 e. The van der Waals surface area contributed by atoms with Gasteiger partial charge in [-0.15, -0.1) is 0 Å². The highest BCUT2D eigenvalue weighted by Crippen LogP contribution is 2.47. The zero-order valence-electron chi connectivity index (χ0n) is 19.3. The molecule has 0 aromatic heterocycles. The molecule has 0 spiro atoms. The van der Waals surface area contributed by atoms with Crippen LogP contribution in [0.5, 0.6) is 5.75 Å². The first kappa shape index (κ1) is 24.1. The molecule has 0 radical (unpaired) electrons. The van der Waals surface area contributed by atoms with Crippen molar-refractivity contribution in [2.45, 2.75) is 43.6 Å². The van der Waals surface area contributed by atoms with E-state index < -0.39 is 12.2 Å². The number of nitrogens with zero attached hydrogens (tertiary/aromatic N) is 1. The Bertz CT molecular complexity index is 1050. The van der Waals surface area contributed by atoms with Crippen LogP contribution in [0.1, 0.15) is 29.9 Å². The van der Waals surface area contributed by atoms with Crippen molar-refractivity contribution >= 4 is 17.5 Å². The van der Waals surface area contributed by atoms with E-state index in [1.54, 1.807) is 29.2 Å². The Kier molecular flexibility index (Phi) is 7.45. The molecule has 0 unspecified atom stereocenters. The molecular formula is C25H30FN3O5. The van der Waals surface area contributed by atoms with Crippen LogP contribution >= 0.6 is 0 Å². The molecule has 0 aliphatic carbocycles. The molecule has 4 atom stereocenters. The van der Waals surface area contributed by atoms with Crippen LogP contribution in [0, 0.1) is 5.82 Å². The molecule has 34 heavy (non-hydrogen) atoms. The second-order valence-electron chi connectivity index (χ2n) is 9.01. The average molecular weight is 472 g/mol. The summed E-state index contributed by atoms with van der Waals surface area (Å²) in [5.74, 6) is -0.145. The summed E-state index contributed by atoms with van der Waals surface area (Å²) in [6.07, 6.45) is -0.771. The molecule has 0 bridgehead atoms. The molecule has 2 aromatic carbocycles. The highest BCUT2D eigenvalue weighted by atomic mass is 19.1. The quantitative estimate of drug-likeness (QED) is 0.545. The standard InChI is InChI=1S/C25H30FN3O5/c1-29(2)13-24(32)28-16-7-8-21-18(9-16)19-10-17(33-22(14-30)25(19)34-21)11-23(31)27-12-15-5-3-4-6-20(15)26/h3-9,17,19,22,25,30H,10-14H2,1-2H3,(H,27,31)(H,28,32)/t17-,19-,22-,25+/m1/s1. The van der Waals surface area contributed by atoms with Crippen LogP contribution in [0.4, 0.5) is 10.1 Å². The second-order valence-corrected chi connectivity index (χ2v) is 9.01. The minimum Gasteiger partial charge on any atom is -0.487 e. The van der Waals surface area contributed by atoms with Gasteiger partial charge in [0.05, 0.1) is 25.7 Å². The van der Waals surface area contributed by atoms with Gasteiger partial charge in [-0.25, -0.2) is 4.39 Å². The molecule has 2 aliphatic rings. The van der Waals surface area contributed by atoms with Gasteiger partial charge in [0.1, 0.15) is 23.8 Å². The molecule has 0 saturated carbocycles. The van der Waals surface area contributed by atoms with Gasteiger partial charge in [0.15, 0.2) is 0 Å². The van der Waals surface area contributed by atoms with Gasteiger partial charge in [0.25, 0.3) is 0 Å². The Hall–Kier alpha value is -3.01. The molecule has 9 heteroatoms. The maximum Gasteiger partial charge on any atom is 0.238 e. The summed E-state index contributed by atoms with van der Waals surface area (Å²) >= 11 is 0. The topological polar surface area (TPSA) is 100 Å². The number of aliphatic hydroxyl groups excluding tert-OH is 1. The third-order valence-corrected chi connectivity index (χ3v) is 6.09. The summed E-state index contributed by atoms with van der Waals surface area (Å²) in [5.41, 5.74) is 2.00. The van der Waals surface area contributed by atoms with Crippen LogP contribution in [-0.4, -0.2) is 67.4 Å². The van der Waals surface area contributed by atoms with E-state index in [4.69, 9.17) is 9.47 Å². The number of aliphatic hydroxyl groups is 1. The summed E-state index contributed by atoms with van der Waals surface area (Å²) in [6, 6.07) is 11.8. The van der Waals surface area contributed by atoms with Gasteiger partial charge < -0.3 is 30.1 Å². The second kappa shape index (κ2) is 10.5. The van der Waals surface area contributed by atoms with Crippen LogP contribution in [0.2, 0.25) is 0 Å². The zero-order valence-corrected chi connectivity index (χ0v) is 19.3. The number of ether oxygens (including phenoxy) is 2. The number of carbonyl (C=O) groups is 2. The Morgan fingerprint density at radius 2 is 1.97 bits per heavy atom. The summed E-state index contributed by atoms with van der Waals surface area (Å²) in [4.78, 5) is 26.5. The molecular weight excluding hydrogens is 441 g/mol. The van der Waals surface area contributed by atoms with Crippen molar-refractivity contribution in [3.63, 3.8) is 0 Å². The van der Waals surface area contributed by atoms with E-state index in [1.807, 2.05) is 26.2 Å². The highest BCUT2D eigenvalue weighted by Gasteiger charge is 2.46. The Morgan fingerprint density at radius 3 is 2.71 bits per heavy atom. The van der Waals surface area contributed by atoms with Gasteiger partial charge in [-0.05, 0) is 44.8 Å². The van der Waals surface area contributed by atoms with Crippen molar-refractivity contribution in [3.8, 4) is 5.75 Å². The lowest BCUT2D eigenvalue weighted by molar-refractivity contribution is -0.142. The molecule has 1 saturated heterocycles. The van der Waals surface area contributed by atoms with Gasteiger partial charge in [0.2, 0.25) is 11.8 Å². The predicted molar refractivity (Wildman–Crippen MR) is 124 cm³/mol. The summed E-state index contributed by atoms with van der Waals surface area (Å²) in [5, 5.41) is 15.5. The number of anilines is 1. The number of amides is 2. The average Bonchev–Trinajstić information content (AvgIpc) is 3.15. The minimum absolute atomic E-state index is 0.0861. The van der Waals surface area contributed by atoms with E-state index in [2.05, 4.69) is 10.6 Å². The fourth-order valence-electron chi connectivity index (χ4n) is 4.57. The maximum absolute atomic E-state index is 13.8. The first-order valence-corrected chi connectivity index (χ1v) is 11.4. The molecule has 2 heterocycles. The Labute approximate surface area is 198 Å². The van der Waals surface area contributed by atoms with Crippen molar-refractivity contribution in [3.05, 3.63) is 59.4 Å². The van der Waals surface area contributed by atoms with Crippen LogP contribution in [0.3, 0.4) is 0 Å². The van der Waals surface area contributed by atoms with E-state index >= 15 is 0 Å².